The number of methoxy groups -OCH3 is 2. The van der Waals surface area contributed by atoms with Gasteiger partial charge in [-0.25, -0.2) is 4.79 Å². The number of oxazole rings is 1. The van der Waals surface area contributed by atoms with Crippen LogP contribution in [0.25, 0.3) is 21.9 Å². The molecule has 0 aliphatic carbocycles. The molecule has 2 aromatic carbocycles. The van der Waals surface area contributed by atoms with Gasteiger partial charge >= 0.3 is 5.76 Å². The highest BCUT2D eigenvalue weighted by molar-refractivity contribution is 5.88. The Morgan fingerprint density at radius 2 is 1.66 bits per heavy atom. The molecule has 1 N–H and O–H groups in total. The molecule has 0 aliphatic rings. The van der Waals surface area contributed by atoms with Crippen LogP contribution in [0, 0.1) is 0 Å². The van der Waals surface area contributed by atoms with Crippen molar-refractivity contribution in [3.63, 3.8) is 0 Å². The Balaban J connectivity index is 0.000000707. The third-order valence-electron chi connectivity index (χ3n) is 4.23. The first-order valence-corrected chi connectivity index (χ1v) is 9.78. The average Bonchev–Trinajstić information content (AvgIpc) is 3.15. The van der Waals surface area contributed by atoms with E-state index in [4.69, 9.17) is 13.9 Å². The van der Waals surface area contributed by atoms with Crippen LogP contribution in [0.4, 0.5) is 0 Å². The third kappa shape index (κ3) is 4.77. The first-order chi connectivity index (χ1) is 14.2. The molecule has 0 fully saturated rings. The summed E-state index contributed by atoms with van der Waals surface area (Å²) in [4.78, 5) is 18.3. The van der Waals surface area contributed by atoms with Gasteiger partial charge in [0.2, 0.25) is 0 Å². The summed E-state index contributed by atoms with van der Waals surface area (Å²) < 4.78 is 15.9. The number of ether oxygens (including phenoxy) is 2. The van der Waals surface area contributed by atoms with Crippen LogP contribution in [0.1, 0.15) is 38.8 Å². The van der Waals surface area contributed by atoms with E-state index in [0.29, 0.717) is 29.0 Å². The van der Waals surface area contributed by atoms with Crippen LogP contribution in [0.2, 0.25) is 0 Å². The van der Waals surface area contributed by atoms with Crippen molar-refractivity contribution in [3.05, 3.63) is 64.4 Å². The number of H-pyrrole nitrogens is 1. The fourth-order valence-electron chi connectivity index (χ4n) is 3.02. The van der Waals surface area contributed by atoms with E-state index in [0.717, 1.165) is 21.9 Å². The second-order valence-electron chi connectivity index (χ2n) is 5.75. The minimum Gasteiger partial charge on any atom is -0.493 e. The molecule has 0 saturated carbocycles. The lowest BCUT2D eigenvalue weighted by atomic mass is 10.0. The predicted octanol–water partition coefficient (Wildman–Crippen LogP) is 5.33. The van der Waals surface area contributed by atoms with Gasteiger partial charge in [-0.1, -0.05) is 33.8 Å². The second-order valence-corrected chi connectivity index (χ2v) is 5.75. The highest BCUT2D eigenvalue weighted by Gasteiger charge is 2.11. The normalized spacial score (nSPS) is 10.0. The number of nitrogens with one attached hydrogen (secondary N) is 1. The van der Waals surface area contributed by atoms with E-state index in [1.807, 2.05) is 64.2 Å². The standard InChI is InChI=1S/C19H16N2O4.2C2H6/c1-23-17-7-13-10-20-9-12(14(13)8-18(17)24-2)5-11-3-4-15-16(6-11)25-19(22)21-15;2*1-2/h3-4,6-10H,5H2,1-2H3,(H,21,22);2*1-2H3. The van der Waals surface area contributed by atoms with Crippen LogP contribution in [0.5, 0.6) is 11.5 Å². The Hall–Kier alpha value is -3.28. The molecule has 6 nitrogen and oxygen atoms in total. The van der Waals surface area contributed by atoms with Crippen molar-refractivity contribution in [2.75, 3.05) is 14.2 Å². The summed E-state index contributed by atoms with van der Waals surface area (Å²) in [5.41, 5.74) is 3.32. The van der Waals surface area contributed by atoms with Gasteiger partial charge in [0, 0.05) is 17.8 Å². The van der Waals surface area contributed by atoms with Crippen LogP contribution in [-0.4, -0.2) is 24.2 Å². The maximum absolute atomic E-state index is 11.3. The van der Waals surface area contributed by atoms with E-state index in [1.165, 1.54) is 0 Å². The lowest BCUT2D eigenvalue weighted by molar-refractivity contribution is 0.356. The monoisotopic (exact) mass is 396 g/mol. The lowest BCUT2D eigenvalue weighted by Gasteiger charge is -2.11. The van der Waals surface area contributed by atoms with Crippen LogP contribution in [0.15, 0.2) is 51.9 Å². The van der Waals surface area contributed by atoms with E-state index in [-0.39, 0.29) is 0 Å². The van der Waals surface area contributed by atoms with Gasteiger partial charge in [-0.3, -0.25) is 9.97 Å². The molecule has 2 aromatic heterocycles. The number of benzene rings is 2. The van der Waals surface area contributed by atoms with Gasteiger partial charge in [0.1, 0.15) is 0 Å². The fourth-order valence-corrected chi connectivity index (χ4v) is 3.02. The molecule has 0 spiro atoms. The largest absolute Gasteiger partial charge is 0.493 e. The zero-order valence-corrected chi connectivity index (χ0v) is 17.8. The highest BCUT2D eigenvalue weighted by Crippen LogP contribution is 2.33. The first-order valence-electron chi connectivity index (χ1n) is 9.78. The highest BCUT2D eigenvalue weighted by atomic mass is 16.5. The minimum atomic E-state index is -0.448. The zero-order chi connectivity index (χ0) is 21.4. The Morgan fingerprint density at radius 3 is 2.34 bits per heavy atom. The lowest BCUT2D eigenvalue weighted by Crippen LogP contribution is -1.95. The van der Waals surface area contributed by atoms with Crippen molar-refractivity contribution in [1.82, 2.24) is 9.97 Å². The molecule has 0 unspecified atom stereocenters. The number of pyridine rings is 1. The Morgan fingerprint density at radius 1 is 0.966 bits per heavy atom. The van der Waals surface area contributed by atoms with Crippen LogP contribution < -0.4 is 15.2 Å². The number of fused-ring (bicyclic) bond motifs is 2. The van der Waals surface area contributed by atoms with Crippen molar-refractivity contribution in [3.8, 4) is 11.5 Å². The number of hydrogen-bond donors (Lipinski definition) is 1. The molecule has 2 heterocycles. The quantitative estimate of drug-likeness (QED) is 0.504. The summed E-state index contributed by atoms with van der Waals surface area (Å²) in [7, 11) is 3.23. The van der Waals surface area contributed by atoms with Crippen LogP contribution >= 0.6 is 0 Å². The van der Waals surface area contributed by atoms with Crippen LogP contribution in [-0.2, 0) is 6.42 Å². The smallest absolute Gasteiger partial charge is 0.417 e. The topological polar surface area (TPSA) is 77.4 Å². The molecule has 4 rings (SSSR count). The number of hydrogen-bond acceptors (Lipinski definition) is 5. The van der Waals surface area contributed by atoms with E-state index < -0.39 is 5.76 Å². The van der Waals surface area contributed by atoms with Gasteiger partial charge < -0.3 is 13.9 Å². The molecule has 0 bridgehead atoms. The molecule has 6 heteroatoms. The number of aromatic amines is 1. The SMILES string of the molecule is CC.CC.COc1cc2cncc(Cc3ccc4[nH]c(=O)oc4c3)c2cc1OC. The summed E-state index contributed by atoms with van der Waals surface area (Å²) in [6.07, 6.45) is 4.30. The first kappa shape index (κ1) is 22.0. The molecule has 0 atom stereocenters. The summed E-state index contributed by atoms with van der Waals surface area (Å²) in [5.74, 6) is 0.898. The van der Waals surface area contributed by atoms with Crippen molar-refractivity contribution in [2.45, 2.75) is 34.1 Å². The summed E-state index contributed by atoms with van der Waals surface area (Å²) >= 11 is 0. The molecule has 4 aromatic rings. The molecule has 154 valence electrons. The Kier molecular flexibility index (Phi) is 7.83. The molecule has 0 radical (unpaired) electrons. The molecule has 0 amide bonds. The van der Waals surface area contributed by atoms with Gasteiger partial charge in [0.05, 0.1) is 19.7 Å². The number of aromatic nitrogens is 2. The van der Waals surface area contributed by atoms with Gasteiger partial charge in [-0.15, -0.1) is 0 Å². The van der Waals surface area contributed by atoms with Crippen LogP contribution in [0.3, 0.4) is 0 Å². The number of nitrogens with zero attached hydrogens (tertiary/aromatic N) is 1. The van der Waals surface area contributed by atoms with Gasteiger partial charge in [-0.05, 0) is 47.2 Å². The molecular formula is C23H28N2O4. The molecule has 29 heavy (non-hydrogen) atoms. The Labute approximate surface area is 170 Å². The molecular weight excluding hydrogens is 368 g/mol. The van der Waals surface area contributed by atoms with E-state index in [1.54, 1.807) is 20.4 Å². The maximum atomic E-state index is 11.3. The van der Waals surface area contributed by atoms with Crippen molar-refractivity contribution in [1.29, 1.82) is 0 Å². The zero-order valence-electron chi connectivity index (χ0n) is 17.8. The maximum Gasteiger partial charge on any atom is 0.417 e. The molecule has 0 aliphatic heterocycles. The summed E-state index contributed by atoms with van der Waals surface area (Å²) in [5, 5.41) is 2.02. The number of rotatable bonds is 4. The van der Waals surface area contributed by atoms with E-state index >= 15 is 0 Å². The van der Waals surface area contributed by atoms with Gasteiger partial charge in [0.15, 0.2) is 17.1 Å². The second kappa shape index (κ2) is 10.3. The van der Waals surface area contributed by atoms with E-state index in [9.17, 15) is 4.79 Å². The van der Waals surface area contributed by atoms with Crippen molar-refractivity contribution < 1.29 is 13.9 Å². The predicted molar refractivity (Wildman–Crippen MR) is 117 cm³/mol. The molecule has 0 saturated heterocycles. The summed E-state index contributed by atoms with van der Waals surface area (Å²) in [6, 6.07) is 9.55. The summed E-state index contributed by atoms with van der Waals surface area (Å²) in [6.45, 7) is 8.00. The van der Waals surface area contributed by atoms with Gasteiger partial charge in [-0.2, -0.15) is 0 Å². The van der Waals surface area contributed by atoms with Crippen molar-refractivity contribution >= 4 is 21.9 Å². The Bertz CT molecular complexity index is 1130. The minimum absolute atomic E-state index is 0.448. The third-order valence-corrected chi connectivity index (χ3v) is 4.23. The van der Waals surface area contributed by atoms with Gasteiger partial charge in [0.25, 0.3) is 0 Å². The van der Waals surface area contributed by atoms with Crippen molar-refractivity contribution in [2.24, 2.45) is 0 Å². The van der Waals surface area contributed by atoms with E-state index in [2.05, 4.69) is 9.97 Å². The fraction of sp³-hybridized carbons (Fsp3) is 0.304. The average molecular weight is 396 g/mol.